The van der Waals surface area contributed by atoms with Crippen molar-refractivity contribution in [3.8, 4) is 5.75 Å². The molecule has 1 atom stereocenters. The number of anilines is 1. The summed E-state index contributed by atoms with van der Waals surface area (Å²) in [6, 6.07) is 5.25. The minimum Gasteiger partial charge on any atom is -0.508 e. The molecule has 116 valence electrons. The van der Waals surface area contributed by atoms with Gasteiger partial charge in [-0.05, 0) is 26.5 Å². The van der Waals surface area contributed by atoms with Gasteiger partial charge < -0.3 is 15.3 Å². The Balaban J connectivity index is 2.14. The summed E-state index contributed by atoms with van der Waals surface area (Å²) < 4.78 is 37.7. The molecule has 0 saturated carbocycles. The minimum atomic E-state index is -4.24. The SMILES string of the molecule is CNC(C)c1ccc(N2CC=C(C(F)(F)F)CC2)cc1O. The van der Waals surface area contributed by atoms with Crippen LogP contribution in [0.5, 0.6) is 5.75 Å². The number of aromatic hydroxyl groups is 1. The van der Waals surface area contributed by atoms with Crippen LogP contribution < -0.4 is 10.2 Å². The van der Waals surface area contributed by atoms with E-state index in [1.54, 1.807) is 19.2 Å². The molecule has 3 nitrogen and oxygen atoms in total. The zero-order chi connectivity index (χ0) is 15.6. The van der Waals surface area contributed by atoms with E-state index in [4.69, 9.17) is 0 Å². The fourth-order valence-corrected chi connectivity index (χ4v) is 2.41. The third-order valence-electron chi connectivity index (χ3n) is 3.85. The van der Waals surface area contributed by atoms with Gasteiger partial charge in [0.05, 0.1) is 0 Å². The van der Waals surface area contributed by atoms with E-state index < -0.39 is 11.7 Å². The van der Waals surface area contributed by atoms with E-state index in [1.165, 1.54) is 6.08 Å². The molecule has 0 aromatic heterocycles. The van der Waals surface area contributed by atoms with Gasteiger partial charge in [0.2, 0.25) is 0 Å². The number of benzene rings is 1. The molecule has 1 heterocycles. The van der Waals surface area contributed by atoms with Gasteiger partial charge in [0.25, 0.3) is 0 Å². The van der Waals surface area contributed by atoms with Crippen LogP contribution in [0.15, 0.2) is 29.8 Å². The number of hydrogen-bond acceptors (Lipinski definition) is 3. The lowest BCUT2D eigenvalue weighted by atomic mass is 10.0. The Labute approximate surface area is 122 Å². The second-order valence-electron chi connectivity index (χ2n) is 5.18. The predicted molar refractivity (Wildman–Crippen MR) is 76.5 cm³/mol. The first-order chi connectivity index (χ1) is 9.82. The normalized spacial score (nSPS) is 17.6. The lowest BCUT2D eigenvalue weighted by Crippen LogP contribution is -2.31. The Hall–Kier alpha value is -1.69. The van der Waals surface area contributed by atoms with Crippen molar-refractivity contribution in [2.45, 2.75) is 25.6 Å². The van der Waals surface area contributed by atoms with Crippen LogP contribution in [0.4, 0.5) is 18.9 Å². The molecule has 0 bridgehead atoms. The van der Waals surface area contributed by atoms with Gasteiger partial charge in [-0.1, -0.05) is 12.1 Å². The fraction of sp³-hybridized carbons (Fsp3) is 0.467. The average Bonchev–Trinajstić information content (AvgIpc) is 2.45. The second-order valence-corrected chi connectivity index (χ2v) is 5.18. The maximum Gasteiger partial charge on any atom is 0.412 e. The highest BCUT2D eigenvalue weighted by Crippen LogP contribution is 2.33. The molecule has 0 amide bonds. The molecule has 1 aromatic rings. The number of hydrogen-bond donors (Lipinski definition) is 2. The van der Waals surface area contributed by atoms with Crippen molar-refractivity contribution in [3.63, 3.8) is 0 Å². The van der Waals surface area contributed by atoms with Crippen molar-refractivity contribution in [2.24, 2.45) is 0 Å². The van der Waals surface area contributed by atoms with Crippen LogP contribution in [-0.4, -0.2) is 31.4 Å². The molecule has 6 heteroatoms. The van der Waals surface area contributed by atoms with Crippen molar-refractivity contribution in [2.75, 3.05) is 25.0 Å². The number of nitrogens with one attached hydrogen (secondary N) is 1. The summed E-state index contributed by atoms with van der Waals surface area (Å²) in [6.45, 7) is 2.43. The largest absolute Gasteiger partial charge is 0.508 e. The highest BCUT2D eigenvalue weighted by Gasteiger charge is 2.34. The lowest BCUT2D eigenvalue weighted by molar-refractivity contribution is -0.0944. The van der Waals surface area contributed by atoms with Crippen LogP contribution in [0, 0.1) is 0 Å². The zero-order valence-corrected chi connectivity index (χ0v) is 12.0. The van der Waals surface area contributed by atoms with Gasteiger partial charge in [0.1, 0.15) is 5.75 Å². The topological polar surface area (TPSA) is 35.5 Å². The first kappa shape index (κ1) is 15.7. The number of phenols is 1. The van der Waals surface area contributed by atoms with Crippen molar-refractivity contribution in [1.82, 2.24) is 5.32 Å². The molecule has 0 aliphatic carbocycles. The summed E-state index contributed by atoms with van der Waals surface area (Å²) in [4.78, 5) is 1.82. The Morgan fingerprint density at radius 3 is 2.52 bits per heavy atom. The van der Waals surface area contributed by atoms with Crippen molar-refractivity contribution < 1.29 is 18.3 Å². The van der Waals surface area contributed by atoms with Gasteiger partial charge in [0.15, 0.2) is 0 Å². The Morgan fingerprint density at radius 2 is 2.05 bits per heavy atom. The molecule has 2 rings (SSSR count). The van der Waals surface area contributed by atoms with Crippen molar-refractivity contribution in [3.05, 3.63) is 35.4 Å². The number of rotatable bonds is 3. The Bertz CT molecular complexity index is 540. The van der Waals surface area contributed by atoms with E-state index in [9.17, 15) is 18.3 Å². The highest BCUT2D eigenvalue weighted by atomic mass is 19.4. The first-order valence-electron chi connectivity index (χ1n) is 6.84. The molecular formula is C15H19F3N2O. The minimum absolute atomic E-state index is 0.0112. The van der Waals surface area contributed by atoms with Crippen molar-refractivity contribution in [1.29, 1.82) is 0 Å². The molecule has 1 unspecified atom stereocenters. The van der Waals surface area contributed by atoms with Crippen LogP contribution in [0.1, 0.15) is 24.9 Å². The van der Waals surface area contributed by atoms with Gasteiger partial charge in [-0.3, -0.25) is 0 Å². The van der Waals surface area contributed by atoms with E-state index in [-0.39, 0.29) is 24.8 Å². The summed E-state index contributed by atoms with van der Waals surface area (Å²) in [7, 11) is 1.80. The van der Waals surface area contributed by atoms with Gasteiger partial charge in [-0.2, -0.15) is 13.2 Å². The molecular weight excluding hydrogens is 281 g/mol. The first-order valence-corrected chi connectivity index (χ1v) is 6.84. The standard InChI is InChI=1S/C15H19F3N2O/c1-10(19-2)13-4-3-12(9-14(13)21)20-7-5-11(6-8-20)15(16,17)18/h3-5,9-10,19,21H,6-8H2,1-2H3. The zero-order valence-electron chi connectivity index (χ0n) is 12.0. The molecule has 0 fully saturated rings. The van der Waals surface area contributed by atoms with Gasteiger partial charge in [-0.15, -0.1) is 0 Å². The van der Waals surface area contributed by atoms with Crippen LogP contribution in [0.3, 0.4) is 0 Å². The maximum absolute atomic E-state index is 12.6. The molecule has 2 N–H and O–H groups in total. The summed E-state index contributed by atoms with van der Waals surface area (Å²) in [6.07, 6.45) is -3.05. The number of nitrogens with zero attached hydrogens (tertiary/aromatic N) is 1. The fourth-order valence-electron chi connectivity index (χ4n) is 2.41. The monoisotopic (exact) mass is 300 g/mol. The second kappa shape index (κ2) is 5.97. The summed E-state index contributed by atoms with van der Waals surface area (Å²) >= 11 is 0. The quantitative estimate of drug-likeness (QED) is 0.840. The van der Waals surface area contributed by atoms with E-state index in [0.717, 1.165) is 11.3 Å². The van der Waals surface area contributed by atoms with Gasteiger partial charge in [0, 0.05) is 42.0 Å². The molecule has 1 aliphatic rings. The third-order valence-corrected chi connectivity index (χ3v) is 3.85. The van der Waals surface area contributed by atoms with E-state index in [2.05, 4.69) is 5.32 Å². The Kier molecular flexibility index (Phi) is 4.46. The predicted octanol–water partition coefficient (Wildman–Crippen LogP) is 3.37. The Morgan fingerprint density at radius 1 is 1.33 bits per heavy atom. The molecule has 21 heavy (non-hydrogen) atoms. The maximum atomic E-state index is 12.6. The van der Waals surface area contributed by atoms with Crippen molar-refractivity contribution >= 4 is 5.69 Å². The molecule has 1 aliphatic heterocycles. The highest BCUT2D eigenvalue weighted by molar-refractivity contribution is 5.55. The van der Waals surface area contributed by atoms with E-state index in [0.29, 0.717) is 6.54 Å². The number of alkyl halides is 3. The number of halogens is 3. The van der Waals surface area contributed by atoms with Gasteiger partial charge in [-0.25, -0.2) is 0 Å². The average molecular weight is 300 g/mol. The van der Waals surface area contributed by atoms with E-state index in [1.807, 2.05) is 17.9 Å². The summed E-state index contributed by atoms with van der Waals surface area (Å²) in [5.41, 5.74) is 1.03. The molecule has 0 saturated heterocycles. The smallest absolute Gasteiger partial charge is 0.412 e. The third kappa shape index (κ3) is 3.50. The molecule has 1 aromatic carbocycles. The van der Waals surface area contributed by atoms with Crippen LogP contribution in [0.2, 0.25) is 0 Å². The summed E-state index contributed by atoms with van der Waals surface area (Å²) in [5, 5.41) is 13.1. The summed E-state index contributed by atoms with van der Waals surface area (Å²) in [5.74, 6) is 0.153. The van der Waals surface area contributed by atoms with E-state index >= 15 is 0 Å². The van der Waals surface area contributed by atoms with Gasteiger partial charge >= 0.3 is 6.18 Å². The lowest BCUT2D eigenvalue weighted by Gasteiger charge is -2.29. The molecule has 0 spiro atoms. The van der Waals surface area contributed by atoms with Crippen LogP contribution in [0.25, 0.3) is 0 Å². The number of phenolic OH excluding ortho intramolecular Hbond substituents is 1. The van der Waals surface area contributed by atoms with Crippen LogP contribution >= 0.6 is 0 Å². The molecule has 0 radical (unpaired) electrons. The van der Waals surface area contributed by atoms with Crippen LogP contribution in [-0.2, 0) is 0 Å².